The van der Waals surface area contributed by atoms with E-state index in [1.807, 2.05) is 6.21 Å². The Hall–Kier alpha value is -0.430. The number of fused-ring (bicyclic) bond motifs is 1. The lowest BCUT2D eigenvalue weighted by Gasteiger charge is -2.37. The molecule has 2 rings (SSSR count). The third kappa shape index (κ3) is 2.82. The molecule has 0 radical (unpaired) electrons. The van der Waals surface area contributed by atoms with Crippen LogP contribution in [-0.2, 0) is 4.74 Å². The standard InChI is InChI=1S/C10H15N3OS2/c1-13-2-3-14-8-4-7(5-11-9(8)13)6-12-10(15)16/h4-5,8-9H,2-3,6H2,1H3,(H2,12,15,16). The molecule has 0 aliphatic carbocycles. The first-order valence-electron chi connectivity index (χ1n) is 5.19. The van der Waals surface area contributed by atoms with E-state index in [-0.39, 0.29) is 12.3 Å². The van der Waals surface area contributed by atoms with Gasteiger partial charge in [0.2, 0.25) is 0 Å². The molecule has 2 atom stereocenters. The minimum absolute atomic E-state index is 0.0639. The van der Waals surface area contributed by atoms with Crippen molar-refractivity contribution in [1.82, 2.24) is 10.2 Å². The smallest absolute Gasteiger partial charge is 0.132 e. The molecular weight excluding hydrogens is 242 g/mol. The number of hydrogen-bond acceptors (Lipinski definition) is 4. The molecule has 4 nitrogen and oxygen atoms in total. The van der Waals surface area contributed by atoms with Crippen molar-refractivity contribution in [2.45, 2.75) is 12.3 Å². The Morgan fingerprint density at radius 1 is 1.81 bits per heavy atom. The Kier molecular flexibility index (Phi) is 3.96. The van der Waals surface area contributed by atoms with Gasteiger partial charge < -0.3 is 10.1 Å². The van der Waals surface area contributed by atoms with Crippen LogP contribution in [0.1, 0.15) is 0 Å². The highest BCUT2D eigenvalue weighted by atomic mass is 32.1. The maximum absolute atomic E-state index is 5.68. The van der Waals surface area contributed by atoms with Crippen molar-refractivity contribution < 1.29 is 4.74 Å². The van der Waals surface area contributed by atoms with E-state index in [2.05, 4.69) is 41.0 Å². The molecule has 2 heterocycles. The first-order valence-corrected chi connectivity index (χ1v) is 6.05. The van der Waals surface area contributed by atoms with Crippen LogP contribution in [0.2, 0.25) is 0 Å². The molecule has 0 spiro atoms. The molecule has 16 heavy (non-hydrogen) atoms. The first kappa shape index (κ1) is 12.0. The van der Waals surface area contributed by atoms with Gasteiger partial charge in [-0.25, -0.2) is 0 Å². The molecule has 0 amide bonds. The van der Waals surface area contributed by atoms with Crippen molar-refractivity contribution in [3.63, 3.8) is 0 Å². The number of aliphatic imine (C=N–C) groups is 1. The van der Waals surface area contributed by atoms with Gasteiger partial charge in [-0.2, -0.15) is 0 Å². The van der Waals surface area contributed by atoms with Crippen LogP contribution in [0.3, 0.4) is 0 Å². The number of thiocarbonyl (C=S) groups is 1. The predicted molar refractivity (Wildman–Crippen MR) is 72.3 cm³/mol. The van der Waals surface area contributed by atoms with Gasteiger partial charge in [0, 0.05) is 19.3 Å². The largest absolute Gasteiger partial charge is 0.369 e. The second-order valence-corrected chi connectivity index (χ2v) is 5.07. The van der Waals surface area contributed by atoms with Gasteiger partial charge in [0.25, 0.3) is 0 Å². The molecule has 0 aromatic heterocycles. The molecular formula is C10H15N3OS2. The van der Waals surface area contributed by atoms with Crippen LogP contribution in [0.15, 0.2) is 16.6 Å². The van der Waals surface area contributed by atoms with E-state index < -0.39 is 0 Å². The topological polar surface area (TPSA) is 36.9 Å². The normalized spacial score (nSPS) is 29.5. The minimum Gasteiger partial charge on any atom is -0.369 e. The van der Waals surface area contributed by atoms with Crippen LogP contribution >= 0.6 is 24.8 Å². The Balaban J connectivity index is 1.98. The number of morpholine rings is 1. The van der Waals surface area contributed by atoms with Crippen molar-refractivity contribution in [3.8, 4) is 0 Å². The van der Waals surface area contributed by atoms with E-state index >= 15 is 0 Å². The summed E-state index contributed by atoms with van der Waals surface area (Å²) >= 11 is 8.85. The van der Waals surface area contributed by atoms with E-state index in [1.165, 1.54) is 0 Å². The number of hydrogen-bond donors (Lipinski definition) is 2. The molecule has 88 valence electrons. The average molecular weight is 257 g/mol. The fourth-order valence-electron chi connectivity index (χ4n) is 1.84. The molecule has 0 aromatic rings. The van der Waals surface area contributed by atoms with Crippen LogP contribution in [0.5, 0.6) is 0 Å². The van der Waals surface area contributed by atoms with Crippen LogP contribution in [0.25, 0.3) is 0 Å². The maximum atomic E-state index is 5.68. The van der Waals surface area contributed by atoms with Gasteiger partial charge in [-0.1, -0.05) is 12.2 Å². The summed E-state index contributed by atoms with van der Waals surface area (Å²) in [5.74, 6) is 0. The van der Waals surface area contributed by atoms with Crippen molar-refractivity contribution >= 4 is 35.4 Å². The summed E-state index contributed by atoms with van der Waals surface area (Å²) < 4.78 is 6.18. The van der Waals surface area contributed by atoms with Crippen molar-refractivity contribution in [2.75, 3.05) is 26.7 Å². The van der Waals surface area contributed by atoms with E-state index in [0.717, 1.165) is 18.7 Å². The van der Waals surface area contributed by atoms with Crippen molar-refractivity contribution in [2.24, 2.45) is 4.99 Å². The number of ether oxygens (including phenoxy) is 1. The Labute approximate surface area is 106 Å². The molecule has 2 unspecified atom stereocenters. The van der Waals surface area contributed by atoms with E-state index in [9.17, 15) is 0 Å². The SMILES string of the molecule is CN1CCOC2C=C(CNC(=S)S)C=NC21. The van der Waals surface area contributed by atoms with Gasteiger partial charge in [0.1, 0.15) is 16.6 Å². The number of thiol groups is 1. The number of nitrogens with zero attached hydrogens (tertiary/aromatic N) is 2. The number of dihydropyridines is 1. The van der Waals surface area contributed by atoms with Gasteiger partial charge in [0.15, 0.2) is 0 Å². The van der Waals surface area contributed by atoms with Gasteiger partial charge in [0.05, 0.1) is 6.61 Å². The zero-order valence-electron chi connectivity index (χ0n) is 9.09. The molecule has 1 saturated heterocycles. The summed E-state index contributed by atoms with van der Waals surface area (Å²) in [5, 5.41) is 2.99. The summed E-state index contributed by atoms with van der Waals surface area (Å²) in [4.78, 5) is 6.69. The van der Waals surface area contributed by atoms with Crippen LogP contribution < -0.4 is 5.32 Å². The molecule has 6 heteroatoms. The van der Waals surface area contributed by atoms with E-state index in [1.54, 1.807) is 0 Å². The molecule has 0 bridgehead atoms. The quantitative estimate of drug-likeness (QED) is 0.557. The second-order valence-electron chi connectivity index (χ2n) is 3.91. The van der Waals surface area contributed by atoms with Crippen molar-refractivity contribution in [3.05, 3.63) is 11.6 Å². The summed E-state index contributed by atoms with van der Waals surface area (Å²) in [6.07, 6.45) is 4.17. The molecule has 0 saturated carbocycles. The number of nitrogens with one attached hydrogen (secondary N) is 1. The van der Waals surface area contributed by atoms with Crippen LogP contribution in [0.4, 0.5) is 0 Å². The van der Waals surface area contributed by atoms with E-state index in [0.29, 0.717) is 10.9 Å². The van der Waals surface area contributed by atoms with Gasteiger partial charge in [-0.3, -0.25) is 9.89 Å². The third-order valence-corrected chi connectivity index (χ3v) is 3.02. The summed E-state index contributed by atoms with van der Waals surface area (Å²) in [5.41, 5.74) is 1.09. The fraction of sp³-hybridized carbons (Fsp3) is 0.600. The van der Waals surface area contributed by atoms with Gasteiger partial charge in [-0.15, -0.1) is 12.6 Å². The van der Waals surface area contributed by atoms with Crippen molar-refractivity contribution in [1.29, 1.82) is 0 Å². The zero-order chi connectivity index (χ0) is 11.5. The summed E-state index contributed by atoms with van der Waals surface area (Å²) in [6, 6.07) is 0. The highest BCUT2D eigenvalue weighted by molar-refractivity contribution is 8.11. The molecule has 2 aliphatic heterocycles. The highest BCUT2D eigenvalue weighted by Crippen LogP contribution is 2.19. The fourth-order valence-corrected chi connectivity index (χ4v) is 1.99. The molecule has 1 fully saturated rings. The molecule has 0 aromatic carbocycles. The Morgan fingerprint density at radius 2 is 2.62 bits per heavy atom. The lowest BCUT2D eigenvalue weighted by atomic mass is 10.1. The summed E-state index contributed by atoms with van der Waals surface area (Å²) in [6.45, 7) is 2.35. The lowest BCUT2D eigenvalue weighted by Crippen LogP contribution is -2.49. The first-order chi connectivity index (χ1) is 7.66. The highest BCUT2D eigenvalue weighted by Gasteiger charge is 2.29. The lowest BCUT2D eigenvalue weighted by molar-refractivity contribution is -0.0342. The summed E-state index contributed by atoms with van der Waals surface area (Å²) in [7, 11) is 2.07. The number of likely N-dealkylation sites (N-methyl/N-ethyl adjacent to an activating group) is 1. The second kappa shape index (κ2) is 5.27. The zero-order valence-corrected chi connectivity index (χ0v) is 10.8. The number of rotatable bonds is 2. The van der Waals surface area contributed by atoms with Gasteiger partial charge in [-0.05, 0) is 18.7 Å². The monoisotopic (exact) mass is 257 g/mol. The predicted octanol–water partition coefficient (Wildman–Crippen LogP) is 0.458. The third-order valence-electron chi connectivity index (χ3n) is 2.71. The Morgan fingerprint density at radius 3 is 3.38 bits per heavy atom. The van der Waals surface area contributed by atoms with Crippen LogP contribution in [0, 0.1) is 0 Å². The van der Waals surface area contributed by atoms with Gasteiger partial charge >= 0.3 is 0 Å². The molecule has 2 aliphatic rings. The van der Waals surface area contributed by atoms with Crippen LogP contribution in [-0.4, -0.2) is 54.4 Å². The maximum Gasteiger partial charge on any atom is 0.132 e. The average Bonchev–Trinajstić information content (AvgIpc) is 2.26. The minimum atomic E-state index is 0.0639. The molecule has 1 N–H and O–H groups in total. The Bertz CT molecular complexity index is 343. The van der Waals surface area contributed by atoms with E-state index in [4.69, 9.17) is 17.0 Å².